The number of nitrogens with zero attached hydrogens (tertiary/aromatic N) is 3. The molecule has 4 rings (SSSR count). The van der Waals surface area contributed by atoms with Crippen molar-refractivity contribution in [1.29, 1.82) is 0 Å². The maximum atomic E-state index is 13.1. The SMILES string of the molecule is O=C(CN1CCN(C(=O)c2cc3c(cc2[N+](=O)[O-])OCCO3)CC1)Nc1ccccc1C(F)(F)F. The number of carbonyl (C=O) groups excluding carboxylic acids is 2. The van der Waals surface area contributed by atoms with Crippen molar-refractivity contribution in [3.05, 3.63) is 57.6 Å². The van der Waals surface area contributed by atoms with Crippen molar-refractivity contribution in [1.82, 2.24) is 9.80 Å². The van der Waals surface area contributed by atoms with Gasteiger partial charge in [0.05, 0.1) is 28.8 Å². The van der Waals surface area contributed by atoms with Crippen LogP contribution in [0.5, 0.6) is 11.5 Å². The second-order valence-corrected chi connectivity index (χ2v) is 7.93. The predicted molar refractivity (Wildman–Crippen MR) is 117 cm³/mol. The Morgan fingerprint density at radius 2 is 1.66 bits per heavy atom. The molecule has 0 unspecified atom stereocenters. The van der Waals surface area contributed by atoms with Gasteiger partial charge >= 0.3 is 6.18 Å². The van der Waals surface area contributed by atoms with Crippen molar-refractivity contribution < 1.29 is 37.2 Å². The van der Waals surface area contributed by atoms with E-state index in [0.29, 0.717) is 0 Å². The Kier molecular flexibility index (Phi) is 6.78. The van der Waals surface area contributed by atoms with E-state index >= 15 is 0 Å². The van der Waals surface area contributed by atoms with E-state index in [1.165, 1.54) is 35.2 Å². The minimum absolute atomic E-state index is 0.130. The zero-order valence-corrected chi connectivity index (χ0v) is 18.3. The Morgan fingerprint density at radius 1 is 1.03 bits per heavy atom. The molecule has 10 nitrogen and oxygen atoms in total. The van der Waals surface area contributed by atoms with Crippen LogP contribution in [0.15, 0.2) is 36.4 Å². The van der Waals surface area contributed by atoms with Crippen molar-refractivity contribution in [2.75, 3.05) is 51.3 Å². The van der Waals surface area contributed by atoms with Crippen LogP contribution >= 0.6 is 0 Å². The van der Waals surface area contributed by atoms with E-state index in [1.807, 2.05) is 0 Å². The molecule has 0 spiro atoms. The fraction of sp³-hybridized carbons (Fsp3) is 0.364. The highest BCUT2D eigenvalue weighted by atomic mass is 19.4. The molecule has 2 aliphatic rings. The number of halogens is 3. The number of nitro benzene ring substituents is 1. The third-order valence-electron chi connectivity index (χ3n) is 5.62. The fourth-order valence-electron chi connectivity index (χ4n) is 3.91. The maximum Gasteiger partial charge on any atom is 0.418 e. The number of anilines is 1. The normalized spacial score (nSPS) is 16.0. The molecule has 13 heteroatoms. The van der Waals surface area contributed by atoms with Crippen LogP contribution < -0.4 is 14.8 Å². The predicted octanol–water partition coefficient (Wildman–Crippen LogP) is 2.78. The number of fused-ring (bicyclic) bond motifs is 1. The van der Waals surface area contributed by atoms with Crippen LogP contribution in [-0.2, 0) is 11.0 Å². The van der Waals surface area contributed by atoms with Crippen LogP contribution in [0.3, 0.4) is 0 Å². The summed E-state index contributed by atoms with van der Waals surface area (Å²) in [6.07, 6.45) is -4.60. The summed E-state index contributed by atoms with van der Waals surface area (Å²) >= 11 is 0. The van der Waals surface area contributed by atoms with E-state index in [-0.39, 0.29) is 68.7 Å². The molecule has 186 valence electrons. The quantitative estimate of drug-likeness (QED) is 0.502. The van der Waals surface area contributed by atoms with Gasteiger partial charge in [0.15, 0.2) is 11.5 Å². The van der Waals surface area contributed by atoms with E-state index in [1.54, 1.807) is 4.90 Å². The molecule has 0 radical (unpaired) electrons. The summed E-state index contributed by atoms with van der Waals surface area (Å²) in [7, 11) is 0. The minimum atomic E-state index is -4.60. The number of ether oxygens (including phenoxy) is 2. The van der Waals surface area contributed by atoms with Crippen LogP contribution in [-0.4, -0.2) is 72.5 Å². The Hall–Kier alpha value is -3.87. The lowest BCUT2D eigenvalue weighted by Gasteiger charge is -2.34. The number of piperazine rings is 1. The summed E-state index contributed by atoms with van der Waals surface area (Å²) in [4.78, 5) is 39.4. The summed E-state index contributed by atoms with van der Waals surface area (Å²) in [5.74, 6) is -0.733. The van der Waals surface area contributed by atoms with Crippen molar-refractivity contribution >= 4 is 23.2 Å². The maximum absolute atomic E-state index is 13.1. The molecule has 1 N–H and O–H groups in total. The number of hydrogen-bond donors (Lipinski definition) is 1. The summed E-state index contributed by atoms with van der Waals surface area (Å²) in [6.45, 7) is 1.21. The molecule has 2 aromatic carbocycles. The van der Waals surface area contributed by atoms with E-state index in [0.717, 1.165) is 6.07 Å². The lowest BCUT2D eigenvalue weighted by atomic mass is 10.1. The van der Waals surface area contributed by atoms with Crippen molar-refractivity contribution in [2.45, 2.75) is 6.18 Å². The molecule has 2 amide bonds. The summed E-state index contributed by atoms with van der Waals surface area (Å²) in [5.41, 5.74) is -1.80. The van der Waals surface area contributed by atoms with Crippen molar-refractivity contribution in [3.63, 3.8) is 0 Å². The third kappa shape index (κ3) is 5.45. The average Bonchev–Trinajstić information content (AvgIpc) is 2.83. The summed E-state index contributed by atoms with van der Waals surface area (Å²) in [5, 5.41) is 13.8. The first-order chi connectivity index (χ1) is 16.6. The van der Waals surface area contributed by atoms with Gasteiger partial charge in [0.1, 0.15) is 18.8 Å². The standard InChI is InChI=1S/C22H21F3N4O6/c23-22(24,25)15-3-1-2-4-16(15)26-20(30)13-27-5-7-28(8-6-27)21(31)14-11-18-19(35-10-9-34-18)12-17(14)29(32)33/h1-4,11-12H,5-10,13H2,(H,26,30). The van der Waals surface area contributed by atoms with Gasteiger partial charge in [-0.1, -0.05) is 12.1 Å². The van der Waals surface area contributed by atoms with Gasteiger partial charge in [-0.15, -0.1) is 0 Å². The van der Waals surface area contributed by atoms with E-state index in [4.69, 9.17) is 9.47 Å². The number of rotatable bonds is 5. The Bertz CT molecular complexity index is 1150. The molecule has 0 aromatic heterocycles. The number of nitrogens with one attached hydrogen (secondary N) is 1. The molecule has 2 heterocycles. The van der Waals surface area contributed by atoms with Gasteiger partial charge in [-0.25, -0.2) is 0 Å². The van der Waals surface area contributed by atoms with Crippen LogP contribution in [0.4, 0.5) is 24.5 Å². The van der Waals surface area contributed by atoms with Gasteiger partial charge in [-0.2, -0.15) is 13.2 Å². The zero-order chi connectivity index (χ0) is 25.2. The second-order valence-electron chi connectivity index (χ2n) is 7.93. The largest absolute Gasteiger partial charge is 0.486 e. The van der Waals surface area contributed by atoms with Gasteiger partial charge in [0, 0.05) is 32.2 Å². The fourth-order valence-corrected chi connectivity index (χ4v) is 3.91. The molecule has 35 heavy (non-hydrogen) atoms. The zero-order valence-electron chi connectivity index (χ0n) is 18.3. The first-order valence-corrected chi connectivity index (χ1v) is 10.7. The van der Waals surface area contributed by atoms with Crippen LogP contribution in [0.1, 0.15) is 15.9 Å². The molecule has 1 fully saturated rings. The number of benzene rings is 2. The van der Waals surface area contributed by atoms with E-state index in [2.05, 4.69) is 5.32 Å². The van der Waals surface area contributed by atoms with Gasteiger partial charge in [-0.3, -0.25) is 24.6 Å². The molecule has 0 saturated carbocycles. The first kappa shape index (κ1) is 24.3. The van der Waals surface area contributed by atoms with Gasteiger partial charge < -0.3 is 19.7 Å². The van der Waals surface area contributed by atoms with Crippen LogP contribution in [0, 0.1) is 10.1 Å². The average molecular weight is 494 g/mol. The summed E-state index contributed by atoms with van der Waals surface area (Å²) in [6, 6.07) is 7.16. The number of alkyl halides is 3. The van der Waals surface area contributed by atoms with Crippen LogP contribution in [0.25, 0.3) is 0 Å². The highest BCUT2D eigenvalue weighted by Crippen LogP contribution is 2.37. The van der Waals surface area contributed by atoms with E-state index in [9.17, 15) is 32.9 Å². The summed E-state index contributed by atoms with van der Waals surface area (Å²) < 4.78 is 50.2. The third-order valence-corrected chi connectivity index (χ3v) is 5.62. The van der Waals surface area contributed by atoms with E-state index < -0.39 is 34.2 Å². The van der Waals surface area contributed by atoms with Crippen molar-refractivity contribution in [2.24, 2.45) is 0 Å². The lowest BCUT2D eigenvalue weighted by molar-refractivity contribution is -0.385. The van der Waals surface area contributed by atoms with Crippen molar-refractivity contribution in [3.8, 4) is 11.5 Å². The highest BCUT2D eigenvalue weighted by molar-refractivity contribution is 5.99. The smallest absolute Gasteiger partial charge is 0.418 e. The monoisotopic (exact) mass is 494 g/mol. The lowest BCUT2D eigenvalue weighted by Crippen LogP contribution is -2.50. The minimum Gasteiger partial charge on any atom is -0.486 e. The second kappa shape index (κ2) is 9.78. The molecule has 2 aromatic rings. The van der Waals surface area contributed by atoms with Gasteiger partial charge in [0.2, 0.25) is 5.91 Å². The van der Waals surface area contributed by atoms with Gasteiger partial charge in [-0.05, 0) is 12.1 Å². The molecule has 0 aliphatic carbocycles. The Balaban J connectivity index is 1.38. The number of hydrogen-bond acceptors (Lipinski definition) is 7. The number of carbonyl (C=O) groups is 2. The molecule has 0 bridgehead atoms. The molecule has 0 atom stereocenters. The van der Waals surface area contributed by atoms with Crippen LogP contribution in [0.2, 0.25) is 0 Å². The van der Waals surface area contributed by atoms with Gasteiger partial charge in [0.25, 0.3) is 11.6 Å². The highest BCUT2D eigenvalue weighted by Gasteiger charge is 2.34. The molecule has 2 aliphatic heterocycles. The molecular formula is C22H21F3N4O6. The number of nitro groups is 1. The Labute approximate surface area is 197 Å². The molecule has 1 saturated heterocycles. The number of para-hydroxylation sites is 1. The topological polar surface area (TPSA) is 114 Å². The Morgan fingerprint density at radius 3 is 2.29 bits per heavy atom. The molecular weight excluding hydrogens is 473 g/mol. The first-order valence-electron chi connectivity index (χ1n) is 10.7. The number of amides is 2.